The maximum Gasteiger partial charge on any atom is 0.219 e. The van der Waals surface area contributed by atoms with Crippen molar-refractivity contribution in [2.45, 2.75) is 63.7 Å². The third kappa shape index (κ3) is 2.66. The molecule has 2 aliphatic heterocycles. The number of piperidine rings is 1. The molecule has 0 aromatic heterocycles. The van der Waals surface area contributed by atoms with E-state index >= 15 is 0 Å². The summed E-state index contributed by atoms with van der Waals surface area (Å²) in [6.07, 6.45) is 4.89. The lowest BCUT2D eigenvalue weighted by Crippen LogP contribution is -2.56. The molecule has 122 valence electrons. The van der Waals surface area contributed by atoms with Gasteiger partial charge in [-0.25, -0.2) is 12.7 Å². The van der Waals surface area contributed by atoms with Crippen LogP contribution in [0.25, 0.3) is 0 Å². The summed E-state index contributed by atoms with van der Waals surface area (Å²) in [6, 6.07) is 0.653. The summed E-state index contributed by atoms with van der Waals surface area (Å²) in [5.41, 5.74) is 0. The molecular formula is C16H30N2O2S. The van der Waals surface area contributed by atoms with Gasteiger partial charge < -0.3 is 4.90 Å². The number of sulfonamides is 1. The lowest BCUT2D eigenvalue weighted by atomic mass is 9.79. The SMILES string of the molecule is CC(C)N1CC(C2CCN(S(=O)(=O)C3(C)CCC3)CC2)C1. The zero-order valence-electron chi connectivity index (χ0n) is 13.7. The Bertz CT molecular complexity index is 471. The number of likely N-dealkylation sites (tertiary alicyclic amines) is 1. The summed E-state index contributed by atoms with van der Waals surface area (Å²) in [5.74, 6) is 1.54. The van der Waals surface area contributed by atoms with Crippen LogP contribution in [0, 0.1) is 11.8 Å². The van der Waals surface area contributed by atoms with Gasteiger partial charge in [0.2, 0.25) is 10.0 Å². The largest absolute Gasteiger partial charge is 0.300 e. The normalized spacial score (nSPS) is 29.3. The average molecular weight is 314 g/mol. The summed E-state index contributed by atoms with van der Waals surface area (Å²) in [5, 5.41) is 0. The molecule has 3 aliphatic rings. The predicted octanol–water partition coefficient (Wildman–Crippen LogP) is 2.31. The van der Waals surface area contributed by atoms with Gasteiger partial charge in [0, 0.05) is 32.2 Å². The van der Waals surface area contributed by atoms with E-state index < -0.39 is 14.8 Å². The van der Waals surface area contributed by atoms with Gasteiger partial charge in [-0.2, -0.15) is 0 Å². The van der Waals surface area contributed by atoms with E-state index in [2.05, 4.69) is 18.7 Å². The van der Waals surface area contributed by atoms with E-state index in [0.29, 0.717) is 6.04 Å². The van der Waals surface area contributed by atoms with Crippen LogP contribution in [-0.4, -0.2) is 54.6 Å². The molecule has 2 heterocycles. The number of hydrogen-bond donors (Lipinski definition) is 0. The second kappa shape index (κ2) is 5.50. The molecule has 0 spiro atoms. The molecule has 0 bridgehead atoms. The molecule has 3 fully saturated rings. The fourth-order valence-electron chi connectivity index (χ4n) is 4.10. The van der Waals surface area contributed by atoms with Crippen molar-refractivity contribution in [3.63, 3.8) is 0 Å². The molecule has 0 amide bonds. The van der Waals surface area contributed by atoms with E-state index in [1.165, 1.54) is 13.1 Å². The van der Waals surface area contributed by atoms with Gasteiger partial charge in [0.1, 0.15) is 0 Å². The van der Waals surface area contributed by atoms with Gasteiger partial charge in [-0.15, -0.1) is 0 Å². The van der Waals surface area contributed by atoms with Crippen LogP contribution in [-0.2, 0) is 10.0 Å². The van der Waals surface area contributed by atoms with Crippen molar-refractivity contribution in [2.24, 2.45) is 11.8 Å². The van der Waals surface area contributed by atoms with Crippen molar-refractivity contribution in [1.82, 2.24) is 9.21 Å². The molecule has 2 saturated heterocycles. The molecule has 1 aliphatic carbocycles. The van der Waals surface area contributed by atoms with Crippen molar-refractivity contribution < 1.29 is 8.42 Å². The fraction of sp³-hybridized carbons (Fsp3) is 1.00. The molecule has 0 radical (unpaired) electrons. The molecule has 5 heteroatoms. The van der Waals surface area contributed by atoms with Crippen LogP contribution >= 0.6 is 0 Å². The minimum absolute atomic E-state index is 0.454. The first kappa shape index (κ1) is 15.8. The van der Waals surface area contributed by atoms with Gasteiger partial charge >= 0.3 is 0 Å². The molecule has 0 aromatic rings. The minimum Gasteiger partial charge on any atom is -0.300 e. The minimum atomic E-state index is -3.06. The first-order valence-electron chi connectivity index (χ1n) is 8.57. The highest BCUT2D eigenvalue weighted by atomic mass is 32.2. The lowest BCUT2D eigenvalue weighted by Gasteiger charge is -2.49. The van der Waals surface area contributed by atoms with Crippen LogP contribution in [0.3, 0.4) is 0 Å². The predicted molar refractivity (Wildman–Crippen MR) is 85.7 cm³/mol. The van der Waals surface area contributed by atoms with E-state index in [0.717, 1.165) is 57.0 Å². The Morgan fingerprint density at radius 1 is 1.05 bits per heavy atom. The number of nitrogens with zero attached hydrogens (tertiary/aromatic N) is 2. The van der Waals surface area contributed by atoms with Crippen LogP contribution < -0.4 is 0 Å². The number of rotatable bonds is 4. The second-order valence-electron chi connectivity index (χ2n) is 7.85. The van der Waals surface area contributed by atoms with Crippen molar-refractivity contribution in [3.8, 4) is 0 Å². The van der Waals surface area contributed by atoms with Gasteiger partial charge in [-0.1, -0.05) is 6.42 Å². The highest BCUT2D eigenvalue weighted by Gasteiger charge is 2.48. The first-order chi connectivity index (χ1) is 9.83. The monoisotopic (exact) mass is 314 g/mol. The van der Waals surface area contributed by atoms with Gasteiger partial charge in [-0.3, -0.25) is 0 Å². The summed E-state index contributed by atoms with van der Waals surface area (Å²) in [6.45, 7) is 10.4. The summed E-state index contributed by atoms with van der Waals surface area (Å²) >= 11 is 0. The van der Waals surface area contributed by atoms with Crippen molar-refractivity contribution in [1.29, 1.82) is 0 Å². The molecule has 21 heavy (non-hydrogen) atoms. The summed E-state index contributed by atoms with van der Waals surface area (Å²) < 4.78 is 26.8. The Hall–Kier alpha value is -0.130. The highest BCUT2D eigenvalue weighted by molar-refractivity contribution is 7.90. The van der Waals surface area contributed by atoms with Gasteiger partial charge in [-0.05, 0) is 58.3 Å². The van der Waals surface area contributed by atoms with Crippen molar-refractivity contribution in [2.75, 3.05) is 26.2 Å². The van der Waals surface area contributed by atoms with E-state index in [4.69, 9.17) is 0 Å². The van der Waals surface area contributed by atoms with Crippen LogP contribution in [0.15, 0.2) is 0 Å². The average Bonchev–Trinajstić information content (AvgIpc) is 2.34. The molecular weight excluding hydrogens is 284 g/mol. The Balaban J connectivity index is 1.52. The van der Waals surface area contributed by atoms with Crippen LogP contribution in [0.2, 0.25) is 0 Å². The second-order valence-corrected chi connectivity index (χ2v) is 10.3. The quantitative estimate of drug-likeness (QED) is 0.799. The maximum absolute atomic E-state index is 12.7. The van der Waals surface area contributed by atoms with Crippen LogP contribution in [0.4, 0.5) is 0 Å². The van der Waals surface area contributed by atoms with E-state index in [-0.39, 0.29) is 0 Å². The molecule has 4 nitrogen and oxygen atoms in total. The molecule has 0 N–H and O–H groups in total. The summed E-state index contributed by atoms with van der Waals surface area (Å²) in [7, 11) is -3.06. The molecule has 0 atom stereocenters. The van der Waals surface area contributed by atoms with E-state index in [1.807, 2.05) is 6.92 Å². The molecule has 0 aromatic carbocycles. The van der Waals surface area contributed by atoms with Gasteiger partial charge in [0.25, 0.3) is 0 Å². The zero-order chi connectivity index (χ0) is 15.3. The molecule has 0 unspecified atom stereocenters. The smallest absolute Gasteiger partial charge is 0.219 e. The molecule has 3 rings (SSSR count). The van der Waals surface area contributed by atoms with Gasteiger partial charge in [0.05, 0.1) is 4.75 Å². The van der Waals surface area contributed by atoms with Gasteiger partial charge in [0.15, 0.2) is 0 Å². The van der Waals surface area contributed by atoms with Crippen LogP contribution in [0.5, 0.6) is 0 Å². The Morgan fingerprint density at radius 2 is 1.62 bits per heavy atom. The standard InChI is InChI=1S/C16H30N2O2S/c1-13(2)17-11-15(12-17)14-5-9-18(10-6-14)21(19,20)16(3)7-4-8-16/h13-15H,4-12H2,1-3H3. The van der Waals surface area contributed by atoms with E-state index in [9.17, 15) is 8.42 Å². The third-order valence-electron chi connectivity index (χ3n) is 6.21. The molecule has 1 saturated carbocycles. The Labute approximate surface area is 129 Å². The van der Waals surface area contributed by atoms with Crippen LogP contribution in [0.1, 0.15) is 52.9 Å². The zero-order valence-corrected chi connectivity index (χ0v) is 14.5. The Morgan fingerprint density at radius 3 is 2.05 bits per heavy atom. The lowest BCUT2D eigenvalue weighted by molar-refractivity contribution is 0.0158. The Kier molecular flexibility index (Phi) is 4.13. The number of hydrogen-bond acceptors (Lipinski definition) is 3. The summed E-state index contributed by atoms with van der Waals surface area (Å²) in [4.78, 5) is 2.52. The maximum atomic E-state index is 12.7. The highest BCUT2D eigenvalue weighted by Crippen LogP contribution is 2.42. The van der Waals surface area contributed by atoms with Crippen molar-refractivity contribution >= 4 is 10.0 Å². The first-order valence-corrected chi connectivity index (χ1v) is 10.0. The van der Waals surface area contributed by atoms with E-state index in [1.54, 1.807) is 4.31 Å². The topological polar surface area (TPSA) is 40.6 Å². The van der Waals surface area contributed by atoms with Crippen molar-refractivity contribution in [3.05, 3.63) is 0 Å². The fourth-order valence-corrected chi connectivity index (χ4v) is 6.22. The third-order valence-corrected chi connectivity index (χ3v) is 8.91.